The number of ether oxygens (including phenoxy) is 1. The Balaban J connectivity index is 2.08. The van der Waals surface area contributed by atoms with Gasteiger partial charge in [-0.3, -0.25) is 0 Å². The second-order valence-corrected chi connectivity index (χ2v) is 4.89. The van der Waals surface area contributed by atoms with Gasteiger partial charge in [0, 0.05) is 29.6 Å². The Labute approximate surface area is 108 Å². The van der Waals surface area contributed by atoms with E-state index in [1.54, 1.807) is 0 Å². The molecule has 1 aliphatic heterocycles. The van der Waals surface area contributed by atoms with E-state index < -0.39 is 0 Å². The molecule has 2 nitrogen and oxygen atoms in total. The summed E-state index contributed by atoms with van der Waals surface area (Å²) in [6.45, 7) is 7.45. The zero-order valence-electron chi connectivity index (χ0n) is 10.1. The van der Waals surface area contributed by atoms with E-state index >= 15 is 0 Å². The van der Waals surface area contributed by atoms with Gasteiger partial charge in [0.2, 0.25) is 0 Å². The van der Waals surface area contributed by atoms with Crippen LogP contribution < -0.4 is 10.1 Å². The third-order valence-corrected chi connectivity index (χ3v) is 3.20. The van der Waals surface area contributed by atoms with E-state index in [2.05, 4.69) is 18.8 Å². The molecule has 1 aromatic rings. The molecule has 3 heteroatoms. The van der Waals surface area contributed by atoms with E-state index in [0.717, 1.165) is 42.3 Å². The average Bonchev–Trinajstić information content (AvgIpc) is 2.74. The van der Waals surface area contributed by atoms with Crippen molar-refractivity contribution in [2.45, 2.75) is 32.4 Å². The van der Waals surface area contributed by atoms with Gasteiger partial charge in [-0.1, -0.05) is 17.7 Å². The zero-order chi connectivity index (χ0) is 12.3. The molecule has 1 N–H and O–H groups in total. The van der Waals surface area contributed by atoms with E-state index in [0.29, 0.717) is 6.04 Å². The van der Waals surface area contributed by atoms with Gasteiger partial charge in [0.05, 0.1) is 6.61 Å². The maximum atomic E-state index is 6.11. The van der Waals surface area contributed by atoms with Crippen molar-refractivity contribution in [1.82, 2.24) is 5.32 Å². The van der Waals surface area contributed by atoms with E-state index in [1.807, 2.05) is 18.2 Å². The SMILES string of the molecule is C=CCC(C)NCc1cc(Cl)cc2c1OCC2. The van der Waals surface area contributed by atoms with Gasteiger partial charge in [0.1, 0.15) is 5.75 Å². The number of benzene rings is 1. The Morgan fingerprint density at radius 1 is 1.59 bits per heavy atom. The predicted molar refractivity (Wildman–Crippen MR) is 71.8 cm³/mol. The first-order valence-corrected chi connectivity index (χ1v) is 6.37. The minimum absolute atomic E-state index is 0.420. The van der Waals surface area contributed by atoms with Crippen LogP contribution in [0.25, 0.3) is 0 Å². The lowest BCUT2D eigenvalue weighted by Gasteiger charge is -2.14. The Hall–Kier alpha value is -0.990. The molecular formula is C14H18ClNO. The number of halogens is 1. The second kappa shape index (κ2) is 5.56. The van der Waals surface area contributed by atoms with E-state index in [9.17, 15) is 0 Å². The van der Waals surface area contributed by atoms with E-state index in [-0.39, 0.29) is 0 Å². The first-order chi connectivity index (χ1) is 8.20. The van der Waals surface area contributed by atoms with Gasteiger partial charge in [-0.2, -0.15) is 0 Å². The summed E-state index contributed by atoms with van der Waals surface area (Å²) in [6, 6.07) is 4.41. The Kier molecular flexibility index (Phi) is 4.08. The number of nitrogens with one attached hydrogen (secondary N) is 1. The van der Waals surface area contributed by atoms with Gasteiger partial charge in [-0.15, -0.1) is 6.58 Å². The van der Waals surface area contributed by atoms with Crippen LogP contribution in [-0.4, -0.2) is 12.6 Å². The molecule has 1 heterocycles. The van der Waals surface area contributed by atoms with Gasteiger partial charge in [0.15, 0.2) is 0 Å². The van der Waals surface area contributed by atoms with Gasteiger partial charge >= 0.3 is 0 Å². The molecule has 0 bridgehead atoms. The first-order valence-electron chi connectivity index (χ1n) is 5.99. The standard InChI is InChI=1S/C14H18ClNO/c1-3-4-10(2)16-9-12-8-13(15)7-11-5-6-17-14(11)12/h3,7-8,10,16H,1,4-6,9H2,2H3. The van der Waals surface area contributed by atoms with Crippen LogP contribution in [0.5, 0.6) is 5.75 Å². The molecule has 2 rings (SSSR count). The molecule has 1 aromatic carbocycles. The van der Waals surface area contributed by atoms with Crippen molar-refractivity contribution in [3.8, 4) is 5.75 Å². The lowest BCUT2D eigenvalue weighted by atomic mass is 10.1. The molecule has 0 fully saturated rings. The molecule has 0 saturated heterocycles. The van der Waals surface area contributed by atoms with Crippen molar-refractivity contribution in [2.75, 3.05) is 6.61 Å². The van der Waals surface area contributed by atoms with Crippen LogP contribution in [0.3, 0.4) is 0 Å². The highest BCUT2D eigenvalue weighted by atomic mass is 35.5. The third kappa shape index (κ3) is 3.02. The fourth-order valence-electron chi connectivity index (χ4n) is 2.09. The van der Waals surface area contributed by atoms with E-state index in [4.69, 9.17) is 16.3 Å². The number of hydrogen-bond donors (Lipinski definition) is 1. The minimum Gasteiger partial charge on any atom is -0.493 e. The van der Waals surface area contributed by atoms with Crippen LogP contribution in [0.1, 0.15) is 24.5 Å². The number of hydrogen-bond acceptors (Lipinski definition) is 2. The fraction of sp³-hybridized carbons (Fsp3) is 0.429. The lowest BCUT2D eigenvalue weighted by molar-refractivity contribution is 0.351. The van der Waals surface area contributed by atoms with Crippen molar-refractivity contribution in [3.63, 3.8) is 0 Å². The third-order valence-electron chi connectivity index (χ3n) is 2.99. The summed E-state index contributed by atoms with van der Waals surface area (Å²) in [4.78, 5) is 0. The van der Waals surface area contributed by atoms with Gasteiger partial charge in [-0.05, 0) is 31.0 Å². The summed E-state index contributed by atoms with van der Waals surface area (Å²) in [5.74, 6) is 1.02. The second-order valence-electron chi connectivity index (χ2n) is 4.46. The van der Waals surface area contributed by atoms with Crippen LogP contribution in [-0.2, 0) is 13.0 Å². The van der Waals surface area contributed by atoms with Crippen molar-refractivity contribution < 1.29 is 4.74 Å². The number of rotatable bonds is 5. The lowest BCUT2D eigenvalue weighted by Crippen LogP contribution is -2.24. The molecule has 0 radical (unpaired) electrons. The topological polar surface area (TPSA) is 21.3 Å². The maximum Gasteiger partial charge on any atom is 0.127 e. The molecule has 92 valence electrons. The highest BCUT2D eigenvalue weighted by Crippen LogP contribution is 2.32. The summed E-state index contributed by atoms with van der Waals surface area (Å²) in [5.41, 5.74) is 2.38. The minimum atomic E-state index is 0.420. The van der Waals surface area contributed by atoms with Crippen LogP contribution in [0.15, 0.2) is 24.8 Å². The summed E-state index contributed by atoms with van der Waals surface area (Å²) in [5, 5.41) is 4.24. The highest BCUT2D eigenvalue weighted by Gasteiger charge is 2.17. The summed E-state index contributed by atoms with van der Waals surface area (Å²) >= 11 is 6.11. The highest BCUT2D eigenvalue weighted by molar-refractivity contribution is 6.30. The molecule has 0 aliphatic carbocycles. The molecule has 0 saturated carbocycles. The molecule has 17 heavy (non-hydrogen) atoms. The Morgan fingerprint density at radius 3 is 3.18 bits per heavy atom. The van der Waals surface area contributed by atoms with Gasteiger partial charge in [-0.25, -0.2) is 0 Å². The summed E-state index contributed by atoms with van der Waals surface area (Å²) < 4.78 is 5.66. The van der Waals surface area contributed by atoms with Gasteiger partial charge in [0.25, 0.3) is 0 Å². The van der Waals surface area contributed by atoms with Crippen LogP contribution in [0.4, 0.5) is 0 Å². The van der Waals surface area contributed by atoms with E-state index in [1.165, 1.54) is 5.56 Å². The normalized spacial score (nSPS) is 15.2. The summed E-state index contributed by atoms with van der Waals surface area (Å²) in [7, 11) is 0. The maximum absolute atomic E-state index is 6.11. The quantitative estimate of drug-likeness (QED) is 0.811. The predicted octanol–water partition coefficient (Wildman–Crippen LogP) is 3.33. The van der Waals surface area contributed by atoms with Crippen LogP contribution in [0, 0.1) is 0 Å². The summed E-state index contributed by atoms with van der Waals surface area (Å²) in [6.07, 6.45) is 3.85. The molecule has 1 aliphatic rings. The van der Waals surface area contributed by atoms with Crippen LogP contribution in [0.2, 0.25) is 5.02 Å². The van der Waals surface area contributed by atoms with Gasteiger partial charge < -0.3 is 10.1 Å². The monoisotopic (exact) mass is 251 g/mol. The van der Waals surface area contributed by atoms with Crippen molar-refractivity contribution >= 4 is 11.6 Å². The smallest absolute Gasteiger partial charge is 0.127 e. The average molecular weight is 252 g/mol. The number of fused-ring (bicyclic) bond motifs is 1. The first kappa shape index (κ1) is 12.5. The molecule has 0 amide bonds. The molecular weight excluding hydrogens is 234 g/mol. The zero-order valence-corrected chi connectivity index (χ0v) is 10.9. The van der Waals surface area contributed by atoms with Crippen molar-refractivity contribution in [1.29, 1.82) is 0 Å². The largest absolute Gasteiger partial charge is 0.493 e. The molecule has 1 atom stereocenters. The van der Waals surface area contributed by atoms with Crippen molar-refractivity contribution in [3.05, 3.63) is 40.9 Å². The van der Waals surface area contributed by atoms with Crippen molar-refractivity contribution in [2.24, 2.45) is 0 Å². The van der Waals surface area contributed by atoms with Crippen LogP contribution >= 0.6 is 11.6 Å². The fourth-order valence-corrected chi connectivity index (χ4v) is 2.36. The Bertz CT molecular complexity index is 417. The molecule has 0 aromatic heterocycles. The molecule has 1 unspecified atom stereocenters. The Morgan fingerprint density at radius 2 is 2.41 bits per heavy atom. The molecule has 0 spiro atoms.